The third-order valence-electron chi connectivity index (χ3n) is 2.37. The van der Waals surface area contributed by atoms with Crippen molar-refractivity contribution in [2.45, 2.75) is 25.3 Å². The average molecular weight is 243 g/mol. The van der Waals surface area contributed by atoms with E-state index in [0.717, 1.165) is 6.07 Å². The Balaban J connectivity index is 2.50. The SMILES string of the molecule is COC(=O)CCC(N)Cc1cc(F)cc(F)c1. The van der Waals surface area contributed by atoms with Crippen LogP contribution in [0.4, 0.5) is 8.78 Å². The molecule has 1 rings (SSSR count). The first-order valence-corrected chi connectivity index (χ1v) is 5.28. The van der Waals surface area contributed by atoms with Gasteiger partial charge in [0.15, 0.2) is 0 Å². The molecule has 0 aliphatic rings. The highest BCUT2D eigenvalue weighted by molar-refractivity contribution is 5.69. The number of carbonyl (C=O) groups excluding carboxylic acids is 1. The molecule has 0 amide bonds. The molecule has 0 aliphatic heterocycles. The highest BCUT2D eigenvalue weighted by atomic mass is 19.1. The van der Waals surface area contributed by atoms with Gasteiger partial charge in [0.1, 0.15) is 11.6 Å². The first-order chi connectivity index (χ1) is 8.01. The van der Waals surface area contributed by atoms with E-state index in [1.807, 2.05) is 0 Å². The van der Waals surface area contributed by atoms with Crippen molar-refractivity contribution in [3.63, 3.8) is 0 Å². The Kier molecular flexibility index (Phi) is 5.03. The lowest BCUT2D eigenvalue weighted by Gasteiger charge is -2.10. The quantitative estimate of drug-likeness (QED) is 0.802. The number of hydrogen-bond acceptors (Lipinski definition) is 3. The van der Waals surface area contributed by atoms with Crippen molar-refractivity contribution in [3.8, 4) is 0 Å². The molecule has 17 heavy (non-hydrogen) atoms. The molecule has 0 bridgehead atoms. The van der Waals surface area contributed by atoms with E-state index in [1.54, 1.807) is 0 Å². The van der Waals surface area contributed by atoms with Crippen LogP contribution < -0.4 is 5.73 Å². The average Bonchev–Trinajstić information content (AvgIpc) is 2.24. The van der Waals surface area contributed by atoms with Crippen molar-refractivity contribution in [2.24, 2.45) is 5.73 Å². The van der Waals surface area contributed by atoms with E-state index in [4.69, 9.17) is 5.73 Å². The topological polar surface area (TPSA) is 52.3 Å². The zero-order chi connectivity index (χ0) is 12.8. The lowest BCUT2D eigenvalue weighted by molar-refractivity contribution is -0.140. The maximum Gasteiger partial charge on any atom is 0.305 e. The number of nitrogens with two attached hydrogens (primary N) is 1. The summed E-state index contributed by atoms with van der Waals surface area (Å²) < 4.78 is 30.3. The van der Waals surface area contributed by atoms with Gasteiger partial charge < -0.3 is 10.5 Å². The summed E-state index contributed by atoms with van der Waals surface area (Å²) in [6.45, 7) is 0. The predicted molar refractivity (Wildman–Crippen MR) is 59.3 cm³/mol. The molecule has 0 fully saturated rings. The Hall–Kier alpha value is -1.49. The van der Waals surface area contributed by atoms with Gasteiger partial charge in [-0.3, -0.25) is 4.79 Å². The summed E-state index contributed by atoms with van der Waals surface area (Å²) in [7, 11) is 1.30. The van der Waals surface area contributed by atoms with Gasteiger partial charge in [0, 0.05) is 18.5 Å². The Morgan fingerprint density at radius 1 is 1.35 bits per heavy atom. The Bertz CT molecular complexity index is 376. The van der Waals surface area contributed by atoms with Crippen LogP contribution >= 0.6 is 0 Å². The van der Waals surface area contributed by atoms with E-state index in [-0.39, 0.29) is 18.4 Å². The van der Waals surface area contributed by atoms with Gasteiger partial charge in [-0.05, 0) is 30.5 Å². The number of methoxy groups -OCH3 is 1. The van der Waals surface area contributed by atoms with Crippen LogP contribution in [0.5, 0.6) is 0 Å². The van der Waals surface area contributed by atoms with Gasteiger partial charge in [-0.15, -0.1) is 0 Å². The van der Waals surface area contributed by atoms with E-state index < -0.39 is 11.6 Å². The second kappa shape index (κ2) is 6.30. The van der Waals surface area contributed by atoms with Gasteiger partial charge in [0.25, 0.3) is 0 Å². The fraction of sp³-hybridized carbons (Fsp3) is 0.417. The molecule has 0 saturated heterocycles. The number of ether oxygens (including phenoxy) is 1. The molecule has 2 N–H and O–H groups in total. The fourth-order valence-electron chi connectivity index (χ4n) is 1.54. The minimum Gasteiger partial charge on any atom is -0.469 e. The summed E-state index contributed by atoms with van der Waals surface area (Å²) in [5, 5.41) is 0. The van der Waals surface area contributed by atoms with Crippen LogP contribution in [0.25, 0.3) is 0 Å². The molecule has 1 atom stereocenters. The normalized spacial score (nSPS) is 12.2. The molecule has 0 radical (unpaired) electrons. The molecule has 0 heterocycles. The molecule has 1 aromatic rings. The van der Waals surface area contributed by atoms with Gasteiger partial charge >= 0.3 is 5.97 Å². The van der Waals surface area contributed by atoms with Crippen molar-refractivity contribution in [3.05, 3.63) is 35.4 Å². The summed E-state index contributed by atoms with van der Waals surface area (Å²) in [4.78, 5) is 10.9. The fourth-order valence-corrected chi connectivity index (χ4v) is 1.54. The molecule has 0 aliphatic carbocycles. The lowest BCUT2D eigenvalue weighted by atomic mass is 10.0. The van der Waals surface area contributed by atoms with E-state index in [9.17, 15) is 13.6 Å². The number of esters is 1. The third-order valence-corrected chi connectivity index (χ3v) is 2.37. The zero-order valence-corrected chi connectivity index (χ0v) is 9.58. The molecule has 1 aromatic carbocycles. The first kappa shape index (κ1) is 13.6. The number of carbonyl (C=O) groups is 1. The van der Waals surface area contributed by atoms with Crippen molar-refractivity contribution in [2.75, 3.05) is 7.11 Å². The minimum atomic E-state index is -0.625. The smallest absolute Gasteiger partial charge is 0.305 e. The highest BCUT2D eigenvalue weighted by Crippen LogP contribution is 2.11. The second-order valence-corrected chi connectivity index (χ2v) is 3.86. The molecule has 0 aromatic heterocycles. The van der Waals surface area contributed by atoms with Crippen LogP contribution in [-0.4, -0.2) is 19.1 Å². The predicted octanol–water partition coefficient (Wildman–Crippen LogP) is 1.79. The molecular formula is C12H15F2NO2. The zero-order valence-electron chi connectivity index (χ0n) is 9.58. The van der Waals surface area contributed by atoms with Crippen molar-refractivity contribution in [1.82, 2.24) is 0 Å². The van der Waals surface area contributed by atoms with Crippen LogP contribution in [0.3, 0.4) is 0 Å². The first-order valence-electron chi connectivity index (χ1n) is 5.28. The van der Waals surface area contributed by atoms with E-state index in [2.05, 4.69) is 4.74 Å². The lowest BCUT2D eigenvalue weighted by Crippen LogP contribution is -2.24. The van der Waals surface area contributed by atoms with E-state index in [0.29, 0.717) is 18.4 Å². The number of halogens is 2. The van der Waals surface area contributed by atoms with E-state index in [1.165, 1.54) is 19.2 Å². The molecule has 0 spiro atoms. The maximum absolute atomic E-state index is 12.9. The third kappa shape index (κ3) is 4.91. The summed E-state index contributed by atoms with van der Waals surface area (Å²) in [5.74, 6) is -1.59. The molecule has 5 heteroatoms. The van der Waals surface area contributed by atoms with Crippen LogP contribution in [0.2, 0.25) is 0 Å². The van der Waals surface area contributed by atoms with Crippen LogP contribution in [0, 0.1) is 11.6 Å². The van der Waals surface area contributed by atoms with Gasteiger partial charge in [0.2, 0.25) is 0 Å². The Labute approximate surface area is 98.6 Å². The van der Waals surface area contributed by atoms with Gasteiger partial charge in [-0.25, -0.2) is 8.78 Å². The van der Waals surface area contributed by atoms with Gasteiger partial charge in [0.05, 0.1) is 7.11 Å². The monoisotopic (exact) mass is 243 g/mol. The van der Waals surface area contributed by atoms with E-state index >= 15 is 0 Å². The van der Waals surface area contributed by atoms with Crippen molar-refractivity contribution >= 4 is 5.97 Å². The summed E-state index contributed by atoms with van der Waals surface area (Å²) in [5.41, 5.74) is 6.24. The highest BCUT2D eigenvalue weighted by Gasteiger charge is 2.09. The summed E-state index contributed by atoms with van der Waals surface area (Å²) in [6, 6.07) is 2.96. The Morgan fingerprint density at radius 3 is 2.47 bits per heavy atom. The summed E-state index contributed by atoms with van der Waals surface area (Å²) in [6.07, 6.45) is 0.950. The molecule has 94 valence electrons. The van der Waals surface area contributed by atoms with Gasteiger partial charge in [-0.2, -0.15) is 0 Å². The van der Waals surface area contributed by atoms with Crippen molar-refractivity contribution < 1.29 is 18.3 Å². The van der Waals surface area contributed by atoms with Crippen molar-refractivity contribution in [1.29, 1.82) is 0 Å². The number of rotatable bonds is 5. The summed E-state index contributed by atoms with van der Waals surface area (Å²) >= 11 is 0. The van der Waals surface area contributed by atoms with Crippen LogP contribution in [0.1, 0.15) is 18.4 Å². The molecule has 0 saturated carbocycles. The second-order valence-electron chi connectivity index (χ2n) is 3.86. The number of hydrogen-bond donors (Lipinski definition) is 1. The maximum atomic E-state index is 12.9. The Morgan fingerprint density at radius 2 is 1.94 bits per heavy atom. The minimum absolute atomic E-state index is 0.204. The molecular weight excluding hydrogens is 228 g/mol. The number of benzene rings is 1. The van der Waals surface area contributed by atoms with Crippen LogP contribution in [-0.2, 0) is 16.0 Å². The standard InChI is InChI=1S/C12H15F2NO2/c1-17-12(16)3-2-11(15)6-8-4-9(13)7-10(14)5-8/h4-5,7,11H,2-3,6,15H2,1H3. The molecule has 3 nitrogen and oxygen atoms in total. The molecule has 1 unspecified atom stereocenters. The van der Waals surface area contributed by atoms with Gasteiger partial charge in [-0.1, -0.05) is 0 Å². The van der Waals surface area contributed by atoms with Crippen LogP contribution in [0.15, 0.2) is 18.2 Å². The largest absolute Gasteiger partial charge is 0.469 e.